The molecule has 0 aliphatic heterocycles. The second kappa shape index (κ2) is 5.71. The smallest absolute Gasteiger partial charge is 0.263 e. The number of rotatable bonds is 3. The molecule has 0 saturated carbocycles. The number of pyridine rings is 1. The van der Waals surface area contributed by atoms with Crippen molar-refractivity contribution >= 4 is 53.4 Å². The first-order valence-electron chi connectivity index (χ1n) is 5.50. The van der Waals surface area contributed by atoms with E-state index in [-0.39, 0.29) is 10.7 Å². The van der Waals surface area contributed by atoms with Gasteiger partial charge in [-0.25, -0.2) is 13.4 Å². The maximum absolute atomic E-state index is 12.4. The summed E-state index contributed by atoms with van der Waals surface area (Å²) in [4.78, 5) is 4.10. The lowest BCUT2D eigenvalue weighted by atomic mass is 10.2. The first kappa shape index (κ1) is 15.3. The van der Waals surface area contributed by atoms with Crippen LogP contribution in [0.3, 0.4) is 0 Å². The molecule has 106 valence electrons. The molecule has 2 aromatic rings. The largest absolute Gasteiger partial charge is 0.398 e. The van der Waals surface area contributed by atoms with Crippen LogP contribution < -0.4 is 10.5 Å². The molecule has 5 nitrogen and oxygen atoms in total. The normalized spacial score (nSPS) is 11.3. The highest BCUT2D eigenvalue weighted by atomic mass is 79.9. The average molecular weight is 421 g/mol. The zero-order chi connectivity index (χ0) is 14.9. The molecule has 0 aliphatic carbocycles. The molecule has 0 atom stereocenters. The molecule has 0 spiro atoms. The number of hydrogen-bond donors (Lipinski definition) is 2. The summed E-state index contributed by atoms with van der Waals surface area (Å²) in [5.41, 5.74) is 6.69. The van der Waals surface area contributed by atoms with Gasteiger partial charge in [-0.15, -0.1) is 0 Å². The average Bonchev–Trinajstić information content (AvgIpc) is 2.36. The number of anilines is 2. The van der Waals surface area contributed by atoms with E-state index in [9.17, 15) is 8.42 Å². The van der Waals surface area contributed by atoms with Crippen LogP contribution in [0.4, 0.5) is 11.5 Å². The Morgan fingerprint density at radius 1 is 1.25 bits per heavy atom. The number of benzene rings is 1. The standard InChI is InChI=1S/C12H11Br2N3O2S/c1-7-5-9(14)10(15)6-11(7)20(18,19)17-12-8(13)3-2-4-16-12/h2-6H,15H2,1H3,(H,16,17). The fourth-order valence-electron chi connectivity index (χ4n) is 1.60. The number of sulfonamides is 1. The van der Waals surface area contributed by atoms with Crippen molar-refractivity contribution in [3.63, 3.8) is 0 Å². The minimum absolute atomic E-state index is 0.121. The van der Waals surface area contributed by atoms with Gasteiger partial charge in [0.05, 0.1) is 9.37 Å². The third-order valence-corrected chi connectivity index (χ3v) is 5.38. The van der Waals surface area contributed by atoms with Crippen molar-refractivity contribution < 1.29 is 8.42 Å². The molecule has 0 unspecified atom stereocenters. The summed E-state index contributed by atoms with van der Waals surface area (Å²) in [5, 5.41) is 0. The molecule has 0 bridgehead atoms. The summed E-state index contributed by atoms with van der Waals surface area (Å²) in [6.07, 6.45) is 1.51. The van der Waals surface area contributed by atoms with Crippen LogP contribution in [0.15, 0.2) is 44.3 Å². The highest BCUT2D eigenvalue weighted by Crippen LogP contribution is 2.28. The van der Waals surface area contributed by atoms with E-state index in [1.807, 2.05) is 0 Å². The molecule has 0 saturated heterocycles. The van der Waals surface area contributed by atoms with E-state index < -0.39 is 10.0 Å². The first-order valence-corrected chi connectivity index (χ1v) is 8.57. The molecule has 3 N–H and O–H groups in total. The van der Waals surface area contributed by atoms with Crippen molar-refractivity contribution in [2.45, 2.75) is 11.8 Å². The molecule has 0 amide bonds. The van der Waals surface area contributed by atoms with Crippen molar-refractivity contribution in [3.05, 3.63) is 45.0 Å². The van der Waals surface area contributed by atoms with Crippen LogP contribution in [0.25, 0.3) is 0 Å². The lowest BCUT2D eigenvalue weighted by Gasteiger charge is -2.12. The van der Waals surface area contributed by atoms with Gasteiger partial charge in [-0.2, -0.15) is 0 Å². The Hall–Kier alpha value is -1.12. The first-order chi connectivity index (χ1) is 9.31. The minimum atomic E-state index is -3.75. The maximum atomic E-state index is 12.4. The van der Waals surface area contributed by atoms with Gasteiger partial charge in [0.1, 0.15) is 0 Å². The van der Waals surface area contributed by atoms with Crippen LogP contribution in [-0.4, -0.2) is 13.4 Å². The molecular formula is C12H11Br2N3O2S. The fourth-order valence-corrected chi connectivity index (χ4v) is 3.84. The van der Waals surface area contributed by atoms with Gasteiger partial charge in [0.15, 0.2) is 5.82 Å². The summed E-state index contributed by atoms with van der Waals surface area (Å²) < 4.78 is 28.4. The van der Waals surface area contributed by atoms with Gasteiger partial charge in [-0.3, -0.25) is 4.72 Å². The summed E-state index contributed by atoms with van der Waals surface area (Å²) in [6.45, 7) is 1.70. The van der Waals surface area contributed by atoms with E-state index in [0.29, 0.717) is 20.2 Å². The lowest BCUT2D eigenvalue weighted by Crippen LogP contribution is -2.16. The van der Waals surface area contributed by atoms with Gasteiger partial charge in [0, 0.05) is 16.4 Å². The van der Waals surface area contributed by atoms with E-state index in [1.165, 1.54) is 12.3 Å². The number of nitrogens with two attached hydrogens (primary N) is 1. The van der Waals surface area contributed by atoms with Crippen LogP contribution in [0.2, 0.25) is 0 Å². The summed E-state index contributed by atoms with van der Waals surface area (Å²) in [7, 11) is -3.75. The van der Waals surface area contributed by atoms with Gasteiger partial charge in [-0.1, -0.05) is 0 Å². The third kappa shape index (κ3) is 3.13. The van der Waals surface area contributed by atoms with Crippen LogP contribution >= 0.6 is 31.9 Å². The van der Waals surface area contributed by atoms with Crippen molar-refractivity contribution in [1.29, 1.82) is 0 Å². The van der Waals surface area contributed by atoms with E-state index >= 15 is 0 Å². The second-order valence-electron chi connectivity index (χ2n) is 4.08. The molecule has 0 aliphatic rings. The Kier molecular flexibility index (Phi) is 4.36. The van der Waals surface area contributed by atoms with Crippen molar-refractivity contribution in [3.8, 4) is 0 Å². The highest BCUT2D eigenvalue weighted by Gasteiger charge is 2.20. The molecule has 1 aromatic heterocycles. The van der Waals surface area contributed by atoms with E-state index in [2.05, 4.69) is 41.6 Å². The number of aryl methyl sites for hydroxylation is 1. The Morgan fingerprint density at radius 2 is 1.95 bits per heavy atom. The van der Waals surface area contributed by atoms with Gasteiger partial charge >= 0.3 is 0 Å². The van der Waals surface area contributed by atoms with Gasteiger partial charge in [0.25, 0.3) is 10.0 Å². The summed E-state index contributed by atoms with van der Waals surface area (Å²) >= 11 is 6.51. The SMILES string of the molecule is Cc1cc(Br)c(N)cc1S(=O)(=O)Nc1ncccc1Br. The number of nitrogens with zero attached hydrogens (tertiary/aromatic N) is 1. The second-order valence-corrected chi connectivity index (χ2v) is 7.44. The van der Waals surface area contributed by atoms with Crippen LogP contribution in [-0.2, 0) is 10.0 Å². The molecule has 0 fully saturated rings. The number of hydrogen-bond acceptors (Lipinski definition) is 4. The molecule has 1 aromatic carbocycles. The predicted octanol–water partition coefficient (Wildman–Crippen LogP) is 3.30. The van der Waals surface area contributed by atoms with E-state index in [1.54, 1.807) is 25.1 Å². The minimum Gasteiger partial charge on any atom is -0.398 e. The van der Waals surface area contributed by atoms with Gasteiger partial charge in [-0.05, 0) is 68.6 Å². The summed E-state index contributed by atoms with van der Waals surface area (Å²) in [6, 6.07) is 6.48. The quantitative estimate of drug-likeness (QED) is 0.746. The van der Waals surface area contributed by atoms with Crippen molar-refractivity contribution in [2.24, 2.45) is 0 Å². The van der Waals surface area contributed by atoms with Crippen LogP contribution in [0.1, 0.15) is 5.56 Å². The van der Waals surface area contributed by atoms with E-state index in [0.717, 1.165) is 0 Å². The number of nitrogen functional groups attached to an aromatic ring is 1. The van der Waals surface area contributed by atoms with Crippen LogP contribution in [0, 0.1) is 6.92 Å². The number of halogens is 2. The van der Waals surface area contributed by atoms with Crippen LogP contribution in [0.5, 0.6) is 0 Å². The number of nitrogens with one attached hydrogen (secondary N) is 1. The summed E-state index contributed by atoms with van der Waals surface area (Å²) in [5.74, 6) is 0.230. The fraction of sp³-hybridized carbons (Fsp3) is 0.0833. The molecular weight excluding hydrogens is 410 g/mol. The Morgan fingerprint density at radius 3 is 2.60 bits per heavy atom. The van der Waals surface area contributed by atoms with Gasteiger partial charge < -0.3 is 5.73 Å². The van der Waals surface area contributed by atoms with Gasteiger partial charge in [0.2, 0.25) is 0 Å². The predicted molar refractivity (Wildman–Crippen MR) is 86.0 cm³/mol. The number of aromatic nitrogens is 1. The third-order valence-electron chi connectivity index (χ3n) is 2.57. The zero-order valence-electron chi connectivity index (χ0n) is 10.4. The van der Waals surface area contributed by atoms with E-state index in [4.69, 9.17) is 5.73 Å². The lowest BCUT2D eigenvalue weighted by molar-refractivity contribution is 0.600. The Bertz CT molecular complexity index is 763. The Labute approximate surface area is 133 Å². The zero-order valence-corrected chi connectivity index (χ0v) is 14.4. The topological polar surface area (TPSA) is 85.1 Å². The highest BCUT2D eigenvalue weighted by molar-refractivity contribution is 9.11. The van der Waals surface area contributed by atoms with Crippen molar-refractivity contribution in [2.75, 3.05) is 10.5 Å². The molecule has 20 heavy (non-hydrogen) atoms. The van der Waals surface area contributed by atoms with Crippen molar-refractivity contribution in [1.82, 2.24) is 4.98 Å². The molecule has 0 radical (unpaired) electrons. The maximum Gasteiger partial charge on any atom is 0.263 e. The molecule has 2 rings (SSSR count). The molecule has 1 heterocycles. The monoisotopic (exact) mass is 419 g/mol. The molecule has 8 heteroatoms. The Balaban J connectivity index is 2.47.